The molecule has 0 spiro atoms. The van der Waals surface area contributed by atoms with E-state index in [2.05, 4.69) is 55.5 Å². The van der Waals surface area contributed by atoms with Gasteiger partial charge >= 0.3 is 24.2 Å². The zero-order valence-corrected chi connectivity index (χ0v) is 62.3. The average molecular weight is 1450 g/mol. The van der Waals surface area contributed by atoms with Crippen molar-refractivity contribution in [1.82, 2.24) is 56.1 Å². The number of primary amides is 1. The summed E-state index contributed by atoms with van der Waals surface area (Å²) in [5.41, 5.74) is 11.6. The first kappa shape index (κ1) is 75.6. The highest BCUT2D eigenvalue weighted by Gasteiger charge is 2.74. The predicted molar refractivity (Wildman–Crippen MR) is 396 cm³/mol. The van der Waals surface area contributed by atoms with Gasteiger partial charge in [0, 0.05) is 79.5 Å². The largest absolute Gasteiger partial charge is 0.497 e. The number of nitrogens with zero attached hydrogens (tertiary/aromatic N) is 8. The van der Waals surface area contributed by atoms with E-state index < -0.39 is 59.3 Å². The lowest BCUT2D eigenvalue weighted by atomic mass is 9.65. The number of esters is 1. The molecule has 6 atom stereocenters. The first-order valence-corrected chi connectivity index (χ1v) is 36.6. The number of rotatable bonds is 31. The monoisotopic (exact) mass is 1450 g/mol. The van der Waals surface area contributed by atoms with Gasteiger partial charge in [-0.1, -0.05) is 69.4 Å². The summed E-state index contributed by atoms with van der Waals surface area (Å²) in [5, 5.41) is 42.7. The Hall–Kier alpha value is -9.51. The topological polar surface area (TPSA) is 343 Å². The summed E-state index contributed by atoms with van der Waals surface area (Å²) in [6, 6.07) is 21.6. The van der Waals surface area contributed by atoms with Crippen LogP contribution in [0.2, 0.25) is 0 Å². The van der Waals surface area contributed by atoms with Gasteiger partial charge in [0.1, 0.15) is 42.5 Å². The van der Waals surface area contributed by atoms with Crippen LogP contribution in [0.3, 0.4) is 0 Å². The molecule has 27 nitrogen and oxygen atoms in total. The second-order valence-electron chi connectivity index (χ2n) is 30.2. The molecule has 556 valence electrons. The van der Waals surface area contributed by atoms with E-state index >= 15 is 0 Å². The van der Waals surface area contributed by atoms with Crippen LogP contribution in [-0.2, 0) is 61.3 Å². The van der Waals surface area contributed by atoms with Crippen molar-refractivity contribution < 1.29 is 57.6 Å². The predicted octanol–water partition coefficient (Wildman–Crippen LogP) is 11.1. The number of ether oxygens (including phenoxy) is 5. The van der Waals surface area contributed by atoms with Crippen LogP contribution in [0.1, 0.15) is 150 Å². The van der Waals surface area contributed by atoms with Crippen LogP contribution in [0.5, 0.6) is 5.75 Å². The van der Waals surface area contributed by atoms with Gasteiger partial charge in [0.05, 0.1) is 35.7 Å². The number of carbonyl (C=O) groups excluding carboxylic acids is 6. The third-order valence-electron chi connectivity index (χ3n) is 20.6. The molecule has 104 heavy (non-hydrogen) atoms. The Labute approximate surface area is 610 Å². The average Bonchev–Trinajstić information content (AvgIpc) is 1.50. The molecule has 4 aliphatic carbocycles. The van der Waals surface area contributed by atoms with E-state index in [1.165, 1.54) is 0 Å². The smallest absolute Gasteiger partial charge is 0.410 e. The molecular formula is C76H99N15O12S. The van der Waals surface area contributed by atoms with E-state index in [4.69, 9.17) is 49.6 Å². The molecule has 4 unspecified atom stereocenters. The number of thiazole rings is 1. The van der Waals surface area contributed by atoms with Crippen LogP contribution < -0.4 is 47.3 Å². The molecule has 4 aromatic heterocycles. The lowest BCUT2D eigenvalue weighted by molar-refractivity contribution is -0.128. The van der Waals surface area contributed by atoms with Gasteiger partial charge in [0.15, 0.2) is 22.5 Å². The molecule has 7 aromatic rings. The van der Waals surface area contributed by atoms with Crippen molar-refractivity contribution in [2.45, 2.75) is 176 Å². The zero-order valence-electron chi connectivity index (χ0n) is 61.5. The second kappa shape index (κ2) is 31.8. The number of carbonyl (C=O) groups is 6. The molecule has 5 heterocycles. The molecule has 28 heteroatoms. The molecule has 4 saturated carbocycles. The number of nitrogens with two attached hydrogens (primary N) is 1. The van der Waals surface area contributed by atoms with Gasteiger partial charge in [-0.25, -0.2) is 29.1 Å². The van der Waals surface area contributed by atoms with Gasteiger partial charge < -0.3 is 76.2 Å². The summed E-state index contributed by atoms with van der Waals surface area (Å²) in [6.45, 7) is 19.7. The molecular weight excluding hydrogens is 1350 g/mol. The molecule has 0 saturated heterocycles. The molecule has 5 aliphatic rings. The maximum Gasteiger partial charge on any atom is 0.410 e. The number of aromatic nitrogens is 6. The normalized spacial score (nSPS) is 20.0. The Balaban J connectivity index is 0.762. The molecule has 4 bridgehead atoms. The zero-order chi connectivity index (χ0) is 74.3. The fourth-order valence-corrected chi connectivity index (χ4v) is 17.1. The fourth-order valence-electron chi connectivity index (χ4n) is 16.2. The van der Waals surface area contributed by atoms with Crippen molar-refractivity contribution >= 4 is 85.8 Å². The summed E-state index contributed by atoms with van der Waals surface area (Å²) in [4.78, 5) is 94.4. The minimum atomic E-state index is -1.08. The Morgan fingerprint density at radius 2 is 1.63 bits per heavy atom. The summed E-state index contributed by atoms with van der Waals surface area (Å²) >= 11 is 1.56. The summed E-state index contributed by atoms with van der Waals surface area (Å²) in [7, 11) is 3.38. The summed E-state index contributed by atoms with van der Waals surface area (Å²) in [6.07, 6.45) is 7.33. The van der Waals surface area contributed by atoms with E-state index in [0.29, 0.717) is 66.1 Å². The minimum absolute atomic E-state index is 0.0130. The van der Waals surface area contributed by atoms with E-state index in [1.807, 2.05) is 85.6 Å². The number of nitrogens with one attached hydrogen (secondary N) is 6. The second-order valence-corrected chi connectivity index (χ2v) is 31.2. The molecule has 12 rings (SSSR count). The number of hydrogen-bond acceptors (Lipinski definition) is 21. The van der Waals surface area contributed by atoms with Crippen molar-refractivity contribution in [1.29, 1.82) is 0 Å². The highest BCUT2D eigenvalue weighted by molar-refractivity contribution is 7.22. The quantitative estimate of drug-likeness (QED) is 0.0114. The number of para-hydroxylation sites is 1. The number of hydrogen-bond donors (Lipinski definition) is 8. The van der Waals surface area contributed by atoms with Gasteiger partial charge in [-0.15, -0.1) is 10.2 Å². The van der Waals surface area contributed by atoms with Crippen LogP contribution in [0.15, 0.2) is 85.1 Å². The number of aliphatic hydroxyl groups is 1. The van der Waals surface area contributed by atoms with Crippen molar-refractivity contribution in [2.24, 2.45) is 27.9 Å². The number of alkyl carbamates (subject to hydrolysis) is 1. The Kier molecular flexibility index (Phi) is 23.2. The van der Waals surface area contributed by atoms with Gasteiger partial charge in [0.2, 0.25) is 11.8 Å². The minimum Gasteiger partial charge on any atom is -0.497 e. The van der Waals surface area contributed by atoms with E-state index in [9.17, 15) is 33.9 Å². The summed E-state index contributed by atoms with van der Waals surface area (Å²) in [5.74, 6) is 0.447. The number of anilines is 5. The molecule has 9 N–H and O–H groups in total. The number of urea groups is 1. The third kappa shape index (κ3) is 17.3. The fraction of sp³-hybridized carbons (Fsp3) is 0.513. The highest BCUT2D eigenvalue weighted by atomic mass is 32.1. The highest BCUT2D eigenvalue weighted by Crippen LogP contribution is 2.78. The maximum absolute atomic E-state index is 14.7. The van der Waals surface area contributed by atoms with Gasteiger partial charge in [0.25, 0.3) is 0 Å². The Morgan fingerprint density at radius 3 is 2.37 bits per heavy atom. The van der Waals surface area contributed by atoms with Crippen molar-refractivity contribution in [3.05, 3.63) is 124 Å². The molecule has 1 aliphatic heterocycles. The Morgan fingerprint density at radius 1 is 0.846 bits per heavy atom. The van der Waals surface area contributed by atoms with Gasteiger partial charge in [-0.2, -0.15) is 5.10 Å². The molecule has 0 radical (unpaired) electrons. The van der Waals surface area contributed by atoms with Crippen molar-refractivity contribution in [3.8, 4) is 16.9 Å². The standard InChI is InChI=1S/C76H99N15O12S/c1-46(2)61(85-70(97)103-72(5,6)7)66(94)82-58(19-14-29-79-68(77)96)65(93)81-52-24-23-50(51(35-52)36-78-10)39-101-71(98)89(30-16-33-92)32-34-102-76-42-73(8)40-74(9,43-76)75(41-73,44-76)45-91-48(4)56(37-80-91)55-27-28-60(84-62(55)67(95)100-38-49-21-25-53(99-11)26-22-49)90-31-15-17-54-47(3)63(87-88-64(54)90)86-69-83-57-18-12-13-20-59(57)104-69/h12-13,18,20-28,35,37,46,58,61,78,92H,14-17,19,29-34,36,38-45H2,1-11H3,(H,81,93)(H,82,94)(H,85,97)(H3,77,79,96)(H,83,86,87)/t58-,61-,73?,74?,75?,76?/m0/s1. The van der Waals surface area contributed by atoms with E-state index in [0.717, 1.165) is 93.8 Å². The van der Waals surface area contributed by atoms with Gasteiger partial charge in [-0.05, 0) is 193 Å². The van der Waals surface area contributed by atoms with Crippen LogP contribution in [0, 0.1) is 36.0 Å². The Bertz CT molecular complexity index is 4260. The number of fused-ring (bicyclic) bond motifs is 2. The number of benzene rings is 3. The van der Waals surface area contributed by atoms with Crippen molar-refractivity contribution in [3.63, 3.8) is 0 Å². The van der Waals surface area contributed by atoms with Crippen LogP contribution in [-0.4, -0.2) is 153 Å². The lowest BCUT2D eigenvalue weighted by Gasteiger charge is -2.46. The van der Waals surface area contributed by atoms with Crippen LogP contribution >= 0.6 is 11.3 Å². The van der Waals surface area contributed by atoms with Crippen molar-refractivity contribution in [2.75, 3.05) is 69.1 Å². The maximum atomic E-state index is 14.7. The molecule has 6 amide bonds. The number of aliphatic hydroxyl groups excluding tert-OH is 1. The first-order chi connectivity index (χ1) is 49.6. The van der Waals surface area contributed by atoms with Crippen LogP contribution in [0.25, 0.3) is 21.3 Å². The van der Waals surface area contributed by atoms with Gasteiger partial charge in [-0.3, -0.25) is 14.3 Å². The number of pyridine rings is 1. The third-order valence-corrected chi connectivity index (χ3v) is 21.6. The van der Waals surface area contributed by atoms with Crippen LogP contribution in [0.4, 0.5) is 42.7 Å². The summed E-state index contributed by atoms with van der Waals surface area (Å²) < 4.78 is 33.2. The lowest BCUT2D eigenvalue weighted by Crippen LogP contribution is -2.55. The molecule has 4 fully saturated rings. The number of amides is 6. The molecule has 3 aromatic carbocycles. The first-order valence-electron chi connectivity index (χ1n) is 35.8. The van der Waals surface area contributed by atoms with E-state index in [1.54, 1.807) is 83.2 Å². The van der Waals surface area contributed by atoms with E-state index in [-0.39, 0.29) is 86.8 Å². The number of methoxy groups -OCH3 is 1. The SMILES string of the molecule is CNCc1cc(NC(=O)[C@H](CCCNC(N)=O)NC(=O)[C@@H](NC(=O)OC(C)(C)C)C(C)C)ccc1COC(=O)N(CCCO)CCOC12CC3(C)CC(C)(C1)C(Cn1ncc(-c4ccc(N5CCCc6c5nnc(Nc5nc7ccccc7s5)c6C)nc4C(=O)OCc4ccc(OC)cc4)c1C)(C3)C2.